The lowest BCUT2D eigenvalue weighted by Crippen LogP contribution is -2.46. The Morgan fingerprint density at radius 2 is 1.69 bits per heavy atom. The van der Waals surface area contributed by atoms with Crippen LogP contribution >= 0.6 is 11.8 Å². The highest BCUT2D eigenvalue weighted by atomic mass is 32.2. The van der Waals surface area contributed by atoms with Crippen molar-refractivity contribution in [3.8, 4) is 0 Å². The van der Waals surface area contributed by atoms with Crippen LogP contribution < -0.4 is 4.90 Å². The van der Waals surface area contributed by atoms with E-state index in [2.05, 4.69) is 33.7 Å². The molecule has 0 N–H and O–H groups in total. The average molecular weight is 501 g/mol. The summed E-state index contributed by atoms with van der Waals surface area (Å²) in [5.41, 5.74) is 2.41. The van der Waals surface area contributed by atoms with E-state index in [1.165, 1.54) is 24.8 Å². The number of urea groups is 1. The van der Waals surface area contributed by atoms with E-state index in [9.17, 15) is 14.0 Å². The summed E-state index contributed by atoms with van der Waals surface area (Å²) in [6.07, 6.45) is 0. The number of thioether (sulfide) groups is 1. The smallest absolute Gasteiger partial charge is 0.337 e. The molecule has 0 saturated carbocycles. The maximum absolute atomic E-state index is 14.9. The van der Waals surface area contributed by atoms with Crippen molar-refractivity contribution in [3.05, 3.63) is 65.0 Å². The van der Waals surface area contributed by atoms with E-state index in [1.807, 2.05) is 28.8 Å². The second kappa shape index (κ2) is 11.9. The molecule has 2 aliphatic rings. The maximum atomic E-state index is 14.9. The monoisotopic (exact) mass is 500 g/mol. The highest BCUT2D eigenvalue weighted by Gasteiger charge is 2.25. The Morgan fingerprint density at radius 3 is 2.31 bits per heavy atom. The summed E-state index contributed by atoms with van der Waals surface area (Å²) < 4.78 is 19.6. The first-order valence-electron chi connectivity index (χ1n) is 12.0. The van der Waals surface area contributed by atoms with Crippen molar-refractivity contribution in [2.75, 3.05) is 69.8 Å². The second-order valence-electron chi connectivity index (χ2n) is 9.01. The lowest BCUT2D eigenvalue weighted by atomic mass is 10.1. The molecule has 2 heterocycles. The molecule has 0 bridgehead atoms. The van der Waals surface area contributed by atoms with Gasteiger partial charge in [-0.15, -0.1) is 0 Å². The van der Waals surface area contributed by atoms with Crippen molar-refractivity contribution in [2.45, 2.75) is 13.1 Å². The summed E-state index contributed by atoms with van der Waals surface area (Å²) in [6, 6.07) is 12.1. The van der Waals surface area contributed by atoms with Crippen LogP contribution in [0.2, 0.25) is 0 Å². The van der Waals surface area contributed by atoms with Gasteiger partial charge in [0.25, 0.3) is 0 Å². The Balaban J connectivity index is 1.54. The van der Waals surface area contributed by atoms with Gasteiger partial charge in [0.05, 0.1) is 19.2 Å². The first kappa shape index (κ1) is 25.5. The molecular weight excluding hydrogens is 467 g/mol. The van der Waals surface area contributed by atoms with Crippen molar-refractivity contribution in [2.24, 2.45) is 0 Å². The molecule has 9 heteroatoms. The number of likely N-dealkylation sites (N-methyl/N-ethyl adjacent to an activating group) is 1. The number of hydrogen-bond acceptors (Lipinski definition) is 6. The number of rotatable bonds is 6. The van der Waals surface area contributed by atoms with Crippen LogP contribution in [0.5, 0.6) is 0 Å². The molecule has 4 rings (SSSR count). The minimum absolute atomic E-state index is 0.0770. The number of amides is 2. The fourth-order valence-corrected chi connectivity index (χ4v) is 5.23. The molecule has 0 spiro atoms. The molecule has 2 aromatic rings. The molecular formula is C26H33FN4O3S. The Bertz CT molecular complexity index is 1020. The molecule has 0 aromatic heterocycles. The van der Waals surface area contributed by atoms with Crippen molar-refractivity contribution in [1.29, 1.82) is 0 Å². The van der Waals surface area contributed by atoms with Gasteiger partial charge in [0, 0.05) is 68.6 Å². The Hall–Kier alpha value is -2.62. The van der Waals surface area contributed by atoms with Crippen molar-refractivity contribution in [1.82, 2.24) is 14.7 Å². The lowest BCUT2D eigenvalue weighted by Gasteiger charge is -2.33. The van der Waals surface area contributed by atoms with E-state index in [4.69, 9.17) is 0 Å². The number of hydrogen-bond donors (Lipinski definition) is 0. The Morgan fingerprint density at radius 1 is 1.00 bits per heavy atom. The average Bonchev–Trinajstić information content (AvgIpc) is 2.89. The largest absolute Gasteiger partial charge is 0.465 e. The summed E-state index contributed by atoms with van der Waals surface area (Å²) in [5, 5.41) is 0. The van der Waals surface area contributed by atoms with E-state index >= 15 is 0 Å². The molecule has 0 radical (unpaired) electrons. The quantitative estimate of drug-likeness (QED) is 0.566. The molecule has 0 aliphatic carbocycles. The van der Waals surface area contributed by atoms with Crippen molar-refractivity contribution < 1.29 is 18.7 Å². The number of ether oxygens (including phenoxy) is 1. The fourth-order valence-electron chi connectivity index (χ4n) is 4.33. The topological polar surface area (TPSA) is 56.3 Å². The molecule has 2 fully saturated rings. The number of anilines is 1. The summed E-state index contributed by atoms with van der Waals surface area (Å²) >= 11 is 1.83. The number of methoxy groups -OCH3 is 1. The molecule has 188 valence electrons. The highest BCUT2D eigenvalue weighted by molar-refractivity contribution is 7.99. The number of piperazine rings is 1. The van der Waals surface area contributed by atoms with Crippen LogP contribution in [0.4, 0.5) is 14.9 Å². The molecule has 2 aliphatic heterocycles. The minimum Gasteiger partial charge on any atom is -0.465 e. The number of benzene rings is 2. The first-order valence-corrected chi connectivity index (χ1v) is 13.1. The molecule has 7 nitrogen and oxygen atoms in total. The van der Waals surface area contributed by atoms with Crippen LogP contribution in [0.25, 0.3) is 0 Å². The molecule has 2 saturated heterocycles. The third kappa shape index (κ3) is 6.54. The molecule has 0 unspecified atom stereocenters. The zero-order chi connectivity index (χ0) is 24.8. The van der Waals surface area contributed by atoms with Crippen LogP contribution in [0, 0.1) is 5.82 Å². The van der Waals surface area contributed by atoms with E-state index < -0.39 is 11.8 Å². The van der Waals surface area contributed by atoms with E-state index in [-0.39, 0.29) is 18.1 Å². The van der Waals surface area contributed by atoms with Gasteiger partial charge in [0.1, 0.15) is 5.82 Å². The van der Waals surface area contributed by atoms with Gasteiger partial charge < -0.3 is 14.5 Å². The maximum Gasteiger partial charge on any atom is 0.337 e. The van der Waals surface area contributed by atoms with Crippen LogP contribution in [-0.4, -0.2) is 91.6 Å². The Kier molecular flexibility index (Phi) is 8.64. The Labute approximate surface area is 210 Å². The van der Waals surface area contributed by atoms with Crippen LogP contribution in [0.3, 0.4) is 0 Å². The number of nitrogens with zero attached hydrogens (tertiary/aromatic N) is 4. The molecule has 2 amide bonds. The van der Waals surface area contributed by atoms with Gasteiger partial charge in [-0.3, -0.25) is 9.80 Å². The number of carbonyl (C=O) groups is 2. The number of esters is 1. The van der Waals surface area contributed by atoms with Gasteiger partial charge in [0.2, 0.25) is 0 Å². The number of carbonyl (C=O) groups excluding carboxylic acids is 2. The third-order valence-electron chi connectivity index (χ3n) is 6.57. The minimum atomic E-state index is -0.592. The van der Waals surface area contributed by atoms with Crippen LogP contribution in [-0.2, 0) is 17.8 Å². The number of halogens is 1. The van der Waals surface area contributed by atoms with Crippen LogP contribution in [0.1, 0.15) is 21.5 Å². The lowest BCUT2D eigenvalue weighted by molar-refractivity contribution is 0.0600. The summed E-state index contributed by atoms with van der Waals surface area (Å²) in [7, 11) is 3.41. The SMILES string of the molecule is COC(=O)c1ccc(CN(C(=O)N2CCSCC2)c2ccc(CN3CCN(C)CC3)cc2)c(F)c1. The van der Waals surface area contributed by atoms with Gasteiger partial charge in [-0.25, -0.2) is 14.0 Å². The van der Waals surface area contributed by atoms with Crippen LogP contribution in [0.15, 0.2) is 42.5 Å². The summed E-state index contributed by atoms with van der Waals surface area (Å²) in [4.78, 5) is 33.5. The first-order chi connectivity index (χ1) is 16.9. The van der Waals surface area contributed by atoms with E-state index in [0.29, 0.717) is 18.7 Å². The van der Waals surface area contributed by atoms with Gasteiger partial charge in [0.15, 0.2) is 0 Å². The second-order valence-corrected chi connectivity index (χ2v) is 10.2. The normalized spacial score (nSPS) is 17.3. The van der Waals surface area contributed by atoms with Gasteiger partial charge in [-0.1, -0.05) is 18.2 Å². The molecule has 35 heavy (non-hydrogen) atoms. The van der Waals surface area contributed by atoms with Crippen molar-refractivity contribution >= 4 is 29.4 Å². The zero-order valence-electron chi connectivity index (χ0n) is 20.4. The summed E-state index contributed by atoms with van der Waals surface area (Å²) in [5.74, 6) is 0.661. The van der Waals surface area contributed by atoms with Gasteiger partial charge >= 0.3 is 12.0 Å². The predicted molar refractivity (Wildman–Crippen MR) is 137 cm³/mol. The fraction of sp³-hybridized carbons (Fsp3) is 0.462. The predicted octanol–water partition coefficient (Wildman–Crippen LogP) is 3.54. The zero-order valence-corrected chi connectivity index (χ0v) is 21.2. The van der Waals surface area contributed by atoms with Gasteiger partial charge in [-0.2, -0.15) is 11.8 Å². The van der Waals surface area contributed by atoms with E-state index in [0.717, 1.165) is 49.9 Å². The van der Waals surface area contributed by atoms with Gasteiger partial charge in [-0.05, 0) is 36.9 Å². The van der Waals surface area contributed by atoms with Crippen molar-refractivity contribution in [3.63, 3.8) is 0 Å². The summed E-state index contributed by atoms with van der Waals surface area (Å²) in [6.45, 7) is 6.50. The molecule has 0 atom stereocenters. The van der Waals surface area contributed by atoms with E-state index in [1.54, 1.807) is 11.0 Å². The molecule has 2 aromatic carbocycles. The third-order valence-corrected chi connectivity index (χ3v) is 7.51. The standard InChI is InChI=1S/C26H33FN4O3S/c1-28-9-11-29(12-10-28)18-20-3-7-23(8-4-20)31(26(33)30-13-15-35-16-14-30)19-22-6-5-21(17-24(22)27)25(32)34-2/h3-8,17H,9-16,18-19H2,1-2H3. The highest BCUT2D eigenvalue weighted by Crippen LogP contribution is 2.24.